The Morgan fingerprint density at radius 3 is 2.23 bits per heavy atom. The first-order valence-corrected chi connectivity index (χ1v) is 7.97. The van der Waals surface area contributed by atoms with E-state index in [2.05, 4.69) is 17.9 Å². The molecule has 0 bridgehead atoms. The lowest BCUT2D eigenvalue weighted by atomic mass is 9.88. The second-order valence-corrected chi connectivity index (χ2v) is 6.20. The minimum absolute atomic E-state index is 0.0163. The summed E-state index contributed by atoms with van der Waals surface area (Å²) in [6, 6.07) is 6.61. The first kappa shape index (κ1) is 15.0. The average molecular weight is 315 g/mol. The second kappa shape index (κ2) is 6.08. The molecular weight excluding hydrogens is 298 g/mol. The molecule has 1 aromatic carbocycles. The van der Waals surface area contributed by atoms with Crippen LogP contribution in [0.25, 0.3) is 0 Å². The van der Waals surface area contributed by atoms with Crippen LogP contribution in [0.15, 0.2) is 34.9 Å². The van der Waals surface area contributed by atoms with E-state index in [0.717, 1.165) is 32.1 Å². The predicted molar refractivity (Wildman–Crippen MR) is 85.8 cm³/mol. The fourth-order valence-corrected chi connectivity index (χ4v) is 3.35. The number of benzene rings is 1. The molecule has 0 atom stereocenters. The highest BCUT2D eigenvalue weighted by molar-refractivity contribution is 7.85. The highest BCUT2D eigenvalue weighted by Crippen LogP contribution is 2.28. The van der Waals surface area contributed by atoms with Crippen LogP contribution in [0, 0.1) is 5.92 Å². The number of nitrogens with one attached hydrogen (secondary N) is 1. The van der Waals surface area contributed by atoms with Crippen molar-refractivity contribution in [3.8, 4) is 0 Å². The van der Waals surface area contributed by atoms with Gasteiger partial charge in [-0.15, -0.1) is 12.6 Å². The van der Waals surface area contributed by atoms with Crippen molar-refractivity contribution in [3.63, 3.8) is 0 Å². The number of rotatable bonds is 2. The molecular formula is C17H17NO3S. The van der Waals surface area contributed by atoms with Gasteiger partial charge >= 0.3 is 0 Å². The van der Waals surface area contributed by atoms with E-state index in [0.29, 0.717) is 11.1 Å². The Kier molecular flexibility index (Phi) is 4.16. The maximum absolute atomic E-state index is 12.5. The van der Waals surface area contributed by atoms with Crippen LogP contribution in [0.5, 0.6) is 0 Å². The molecule has 22 heavy (non-hydrogen) atoms. The molecule has 0 aliphatic heterocycles. The van der Waals surface area contributed by atoms with Crippen molar-refractivity contribution in [3.05, 3.63) is 46.0 Å². The molecule has 1 amide bonds. The van der Waals surface area contributed by atoms with E-state index in [4.69, 9.17) is 0 Å². The highest BCUT2D eigenvalue weighted by atomic mass is 32.1. The van der Waals surface area contributed by atoms with E-state index < -0.39 is 0 Å². The van der Waals surface area contributed by atoms with E-state index in [1.165, 1.54) is 0 Å². The maximum atomic E-state index is 12.5. The Labute approximate surface area is 134 Å². The number of Topliss-reactive ketones (excluding diaryl/α,β-unsaturated/α-hetero) is 2. The summed E-state index contributed by atoms with van der Waals surface area (Å²) in [6.45, 7) is 0. The molecule has 0 radical (unpaired) electrons. The molecule has 5 heteroatoms. The summed E-state index contributed by atoms with van der Waals surface area (Å²) in [5.41, 5.74) is 0.681. The van der Waals surface area contributed by atoms with Crippen molar-refractivity contribution < 1.29 is 14.4 Å². The monoisotopic (exact) mass is 315 g/mol. The van der Waals surface area contributed by atoms with Gasteiger partial charge in [0.15, 0.2) is 0 Å². The van der Waals surface area contributed by atoms with Gasteiger partial charge in [0.2, 0.25) is 17.5 Å². The fraction of sp³-hybridized carbons (Fsp3) is 0.353. The van der Waals surface area contributed by atoms with Gasteiger partial charge in [-0.3, -0.25) is 14.4 Å². The molecule has 1 aromatic rings. The molecule has 0 heterocycles. The third-order valence-electron chi connectivity index (χ3n) is 4.32. The second-order valence-electron chi connectivity index (χ2n) is 5.75. The summed E-state index contributed by atoms with van der Waals surface area (Å²) >= 11 is 4.17. The SMILES string of the molecule is O=C1C(S)=C(NC(=O)C2CCCCC2)C(=O)c2ccccc21. The van der Waals surface area contributed by atoms with Crippen molar-refractivity contribution in [1.29, 1.82) is 0 Å². The number of carbonyl (C=O) groups excluding carboxylic acids is 3. The zero-order chi connectivity index (χ0) is 15.7. The van der Waals surface area contributed by atoms with Crippen LogP contribution in [0.3, 0.4) is 0 Å². The molecule has 0 spiro atoms. The van der Waals surface area contributed by atoms with Crippen molar-refractivity contribution >= 4 is 30.1 Å². The van der Waals surface area contributed by atoms with Crippen molar-refractivity contribution in [2.24, 2.45) is 5.92 Å². The molecule has 1 N–H and O–H groups in total. The van der Waals surface area contributed by atoms with Crippen LogP contribution in [0.2, 0.25) is 0 Å². The molecule has 0 unspecified atom stereocenters. The Hall–Kier alpha value is -1.88. The predicted octanol–water partition coefficient (Wildman–Crippen LogP) is 2.90. The summed E-state index contributed by atoms with van der Waals surface area (Å²) < 4.78 is 0. The number of thiol groups is 1. The molecule has 2 aliphatic rings. The lowest BCUT2D eigenvalue weighted by molar-refractivity contribution is -0.125. The molecule has 114 valence electrons. The average Bonchev–Trinajstić information content (AvgIpc) is 2.57. The summed E-state index contributed by atoms with van der Waals surface area (Å²) in [5, 5.41) is 2.65. The van der Waals surface area contributed by atoms with Gasteiger partial charge in [0, 0.05) is 17.0 Å². The standard InChI is InChI=1S/C17H17NO3S/c19-14-11-8-4-5-9-12(11)15(20)16(22)13(14)18-17(21)10-6-2-1-3-7-10/h4-5,8-10,22H,1-3,6-7H2,(H,18,21). The number of carbonyl (C=O) groups is 3. The van der Waals surface area contributed by atoms with Gasteiger partial charge in [0.05, 0.1) is 4.91 Å². The molecule has 3 rings (SSSR count). The Morgan fingerprint density at radius 2 is 1.59 bits per heavy atom. The van der Waals surface area contributed by atoms with Gasteiger partial charge in [-0.1, -0.05) is 43.5 Å². The largest absolute Gasteiger partial charge is 0.322 e. The first-order valence-electron chi connectivity index (χ1n) is 7.52. The minimum Gasteiger partial charge on any atom is -0.322 e. The van der Waals surface area contributed by atoms with E-state index in [9.17, 15) is 14.4 Å². The van der Waals surface area contributed by atoms with Crippen molar-refractivity contribution in [2.45, 2.75) is 32.1 Å². The summed E-state index contributed by atoms with van der Waals surface area (Å²) in [4.78, 5) is 37.2. The Balaban J connectivity index is 1.87. The van der Waals surface area contributed by atoms with Crippen LogP contribution in [-0.2, 0) is 4.79 Å². The highest BCUT2D eigenvalue weighted by Gasteiger charge is 2.32. The smallest absolute Gasteiger partial charge is 0.227 e. The molecule has 4 nitrogen and oxygen atoms in total. The van der Waals surface area contributed by atoms with Gasteiger partial charge < -0.3 is 5.32 Å². The first-order chi connectivity index (χ1) is 10.6. The fourth-order valence-electron chi connectivity index (χ4n) is 3.07. The minimum atomic E-state index is -0.343. The van der Waals surface area contributed by atoms with Gasteiger partial charge in [-0.25, -0.2) is 0 Å². The normalized spacial score (nSPS) is 19.1. The summed E-state index contributed by atoms with van der Waals surface area (Å²) in [6.07, 6.45) is 4.87. The van der Waals surface area contributed by atoms with Gasteiger partial charge in [0.25, 0.3) is 0 Å². The quantitative estimate of drug-likeness (QED) is 0.825. The molecule has 0 aromatic heterocycles. The number of hydrogen-bond acceptors (Lipinski definition) is 4. The number of fused-ring (bicyclic) bond motifs is 1. The summed E-state index contributed by atoms with van der Waals surface area (Å²) in [7, 11) is 0. The molecule has 0 saturated heterocycles. The van der Waals surface area contributed by atoms with E-state index >= 15 is 0 Å². The molecule has 2 aliphatic carbocycles. The topological polar surface area (TPSA) is 63.2 Å². The molecule has 1 fully saturated rings. The zero-order valence-corrected chi connectivity index (χ0v) is 13.0. The van der Waals surface area contributed by atoms with Crippen molar-refractivity contribution in [2.75, 3.05) is 0 Å². The van der Waals surface area contributed by atoms with Crippen LogP contribution in [0.1, 0.15) is 52.8 Å². The van der Waals surface area contributed by atoms with E-state index in [1.807, 2.05) is 0 Å². The van der Waals surface area contributed by atoms with Crippen LogP contribution >= 0.6 is 12.6 Å². The Morgan fingerprint density at radius 1 is 1.00 bits per heavy atom. The third kappa shape index (κ3) is 2.61. The zero-order valence-electron chi connectivity index (χ0n) is 12.1. The van der Waals surface area contributed by atoms with Crippen LogP contribution < -0.4 is 5.32 Å². The lowest BCUT2D eigenvalue weighted by Crippen LogP contribution is -2.37. The maximum Gasteiger partial charge on any atom is 0.227 e. The molecule has 1 saturated carbocycles. The van der Waals surface area contributed by atoms with Crippen molar-refractivity contribution in [1.82, 2.24) is 5.32 Å². The number of ketones is 2. The number of allylic oxidation sites excluding steroid dienone is 2. The van der Waals surface area contributed by atoms with E-state index in [1.54, 1.807) is 24.3 Å². The van der Waals surface area contributed by atoms with Gasteiger partial charge in [-0.2, -0.15) is 0 Å². The number of hydrogen-bond donors (Lipinski definition) is 2. The van der Waals surface area contributed by atoms with Gasteiger partial charge in [-0.05, 0) is 12.8 Å². The third-order valence-corrected chi connectivity index (χ3v) is 4.75. The summed E-state index contributed by atoms with van der Waals surface area (Å²) in [5.74, 6) is -0.925. The Bertz CT molecular complexity index is 687. The number of amides is 1. The van der Waals surface area contributed by atoms with Crippen LogP contribution in [0.4, 0.5) is 0 Å². The van der Waals surface area contributed by atoms with Crippen LogP contribution in [-0.4, -0.2) is 17.5 Å². The van der Waals surface area contributed by atoms with Gasteiger partial charge in [0.1, 0.15) is 5.70 Å². The lowest BCUT2D eigenvalue weighted by Gasteiger charge is -2.23. The van der Waals surface area contributed by atoms with E-state index in [-0.39, 0.29) is 34.0 Å².